The van der Waals surface area contributed by atoms with E-state index in [2.05, 4.69) is 43.9 Å². The van der Waals surface area contributed by atoms with E-state index in [-0.39, 0.29) is 6.04 Å². The van der Waals surface area contributed by atoms with Gasteiger partial charge in [0.15, 0.2) is 0 Å². The average Bonchev–Trinajstić information content (AvgIpc) is 2.25. The Hall–Kier alpha value is -1.26. The predicted octanol–water partition coefficient (Wildman–Crippen LogP) is 2.51. The average molecular weight is 201 g/mol. The van der Waals surface area contributed by atoms with Crippen molar-refractivity contribution in [1.29, 1.82) is 0 Å². The Morgan fingerprint density at radius 1 is 1.27 bits per heavy atom. The van der Waals surface area contributed by atoms with Crippen molar-refractivity contribution >= 4 is 0 Å². The molecule has 0 aliphatic rings. The maximum atomic E-state index is 5.63. The topological polar surface area (TPSA) is 26.0 Å². The van der Waals surface area contributed by atoms with Crippen LogP contribution in [-0.4, -0.2) is 6.04 Å². The predicted molar refractivity (Wildman–Crippen MR) is 65.7 cm³/mol. The summed E-state index contributed by atoms with van der Waals surface area (Å²) in [4.78, 5) is 0. The Morgan fingerprint density at radius 2 is 2.00 bits per heavy atom. The van der Waals surface area contributed by atoms with Gasteiger partial charge in [-0.25, -0.2) is 0 Å². The third-order valence-corrected chi connectivity index (χ3v) is 2.40. The fourth-order valence-corrected chi connectivity index (χ4v) is 1.46. The maximum Gasteiger partial charge on any atom is 0.0639 e. The van der Waals surface area contributed by atoms with Crippen molar-refractivity contribution in [2.45, 2.75) is 39.7 Å². The molecule has 1 atom stereocenters. The van der Waals surface area contributed by atoms with Crippen LogP contribution in [0.15, 0.2) is 18.2 Å². The van der Waals surface area contributed by atoms with E-state index in [9.17, 15) is 0 Å². The van der Waals surface area contributed by atoms with Gasteiger partial charge < -0.3 is 5.73 Å². The molecule has 0 bridgehead atoms. The van der Waals surface area contributed by atoms with Crippen molar-refractivity contribution in [3.63, 3.8) is 0 Å². The highest BCUT2D eigenvalue weighted by Crippen LogP contribution is 2.12. The summed E-state index contributed by atoms with van der Waals surface area (Å²) in [5.41, 5.74) is 9.40. The van der Waals surface area contributed by atoms with Crippen molar-refractivity contribution in [1.82, 2.24) is 0 Å². The van der Waals surface area contributed by atoms with Crippen LogP contribution in [0.2, 0.25) is 0 Å². The second-order valence-electron chi connectivity index (χ2n) is 3.76. The van der Waals surface area contributed by atoms with Gasteiger partial charge in [-0.05, 0) is 37.0 Å². The summed E-state index contributed by atoms with van der Waals surface area (Å²) in [7, 11) is 0. The first-order valence-electron chi connectivity index (χ1n) is 5.56. The number of aryl methyl sites for hydroxylation is 2. The van der Waals surface area contributed by atoms with Crippen LogP contribution < -0.4 is 5.73 Å². The molecule has 0 aliphatic carbocycles. The lowest BCUT2D eigenvalue weighted by molar-refractivity contribution is 0.959. The van der Waals surface area contributed by atoms with E-state index in [1.165, 1.54) is 11.1 Å². The van der Waals surface area contributed by atoms with Gasteiger partial charge in [0.2, 0.25) is 0 Å². The highest BCUT2D eigenvalue weighted by molar-refractivity contribution is 5.44. The van der Waals surface area contributed by atoms with Gasteiger partial charge in [0.1, 0.15) is 0 Å². The van der Waals surface area contributed by atoms with E-state index in [0.717, 1.165) is 18.4 Å². The van der Waals surface area contributed by atoms with Gasteiger partial charge in [0.25, 0.3) is 0 Å². The molecule has 0 saturated heterocycles. The normalized spacial score (nSPS) is 11.7. The molecular weight excluding hydrogens is 182 g/mol. The molecule has 1 heteroatoms. The van der Waals surface area contributed by atoms with Gasteiger partial charge in [0, 0.05) is 5.56 Å². The van der Waals surface area contributed by atoms with E-state index < -0.39 is 0 Å². The fraction of sp³-hybridized carbons (Fsp3) is 0.429. The van der Waals surface area contributed by atoms with Gasteiger partial charge in [0.05, 0.1) is 6.04 Å². The van der Waals surface area contributed by atoms with Crippen LogP contribution in [0, 0.1) is 11.8 Å². The standard InChI is InChI=1S/C14H19N/c1-4-12-7-9-13(5-2)14(10-12)8-6-11(3)15/h7,9-11H,4-5,15H2,1-3H3. The SMILES string of the molecule is CCc1ccc(CC)c(C#CC(C)N)c1. The van der Waals surface area contributed by atoms with Crippen molar-refractivity contribution in [3.8, 4) is 11.8 Å². The Morgan fingerprint density at radius 3 is 2.53 bits per heavy atom. The molecule has 0 saturated carbocycles. The summed E-state index contributed by atoms with van der Waals surface area (Å²) in [6.45, 7) is 6.21. The summed E-state index contributed by atoms with van der Waals surface area (Å²) >= 11 is 0. The van der Waals surface area contributed by atoms with Crippen LogP contribution >= 0.6 is 0 Å². The smallest absolute Gasteiger partial charge is 0.0639 e. The third kappa shape index (κ3) is 3.42. The second kappa shape index (κ2) is 5.58. The molecule has 0 radical (unpaired) electrons. The molecule has 0 fully saturated rings. The molecule has 2 N–H and O–H groups in total. The molecule has 0 spiro atoms. The zero-order valence-corrected chi connectivity index (χ0v) is 9.80. The molecule has 0 heterocycles. The van der Waals surface area contributed by atoms with Gasteiger partial charge >= 0.3 is 0 Å². The quantitative estimate of drug-likeness (QED) is 0.731. The number of hydrogen-bond acceptors (Lipinski definition) is 1. The number of benzene rings is 1. The maximum absolute atomic E-state index is 5.63. The highest BCUT2D eigenvalue weighted by Gasteiger charge is 1.99. The lowest BCUT2D eigenvalue weighted by Gasteiger charge is -2.04. The van der Waals surface area contributed by atoms with Crippen LogP contribution in [0.4, 0.5) is 0 Å². The van der Waals surface area contributed by atoms with Crippen molar-refractivity contribution < 1.29 is 0 Å². The van der Waals surface area contributed by atoms with Crippen LogP contribution in [-0.2, 0) is 12.8 Å². The zero-order valence-electron chi connectivity index (χ0n) is 9.80. The van der Waals surface area contributed by atoms with E-state index in [1.807, 2.05) is 6.92 Å². The molecule has 1 rings (SSSR count). The van der Waals surface area contributed by atoms with E-state index >= 15 is 0 Å². The molecular formula is C14H19N. The van der Waals surface area contributed by atoms with Crippen LogP contribution in [0.25, 0.3) is 0 Å². The minimum absolute atomic E-state index is 0.0556. The molecule has 80 valence electrons. The Balaban J connectivity index is 3.08. The lowest BCUT2D eigenvalue weighted by atomic mass is 10.0. The number of hydrogen-bond donors (Lipinski definition) is 1. The van der Waals surface area contributed by atoms with Gasteiger partial charge in [-0.3, -0.25) is 0 Å². The Kier molecular flexibility index (Phi) is 4.39. The van der Waals surface area contributed by atoms with Gasteiger partial charge in [-0.1, -0.05) is 37.8 Å². The highest BCUT2D eigenvalue weighted by atomic mass is 14.6. The van der Waals surface area contributed by atoms with Crippen molar-refractivity contribution in [2.75, 3.05) is 0 Å². The van der Waals surface area contributed by atoms with E-state index in [1.54, 1.807) is 0 Å². The molecule has 0 aliphatic heterocycles. The van der Waals surface area contributed by atoms with E-state index in [4.69, 9.17) is 5.73 Å². The lowest BCUT2D eigenvalue weighted by Crippen LogP contribution is -2.11. The first-order valence-corrected chi connectivity index (χ1v) is 5.56. The molecule has 0 amide bonds. The summed E-state index contributed by atoms with van der Waals surface area (Å²) in [5, 5.41) is 0. The molecule has 1 nitrogen and oxygen atoms in total. The monoisotopic (exact) mass is 201 g/mol. The third-order valence-electron chi connectivity index (χ3n) is 2.40. The molecule has 1 aromatic carbocycles. The van der Waals surface area contributed by atoms with Crippen LogP contribution in [0.5, 0.6) is 0 Å². The largest absolute Gasteiger partial charge is 0.318 e. The number of nitrogens with two attached hydrogens (primary N) is 1. The van der Waals surface area contributed by atoms with Crippen LogP contribution in [0.1, 0.15) is 37.5 Å². The fourth-order valence-electron chi connectivity index (χ4n) is 1.46. The van der Waals surface area contributed by atoms with Gasteiger partial charge in [-0.15, -0.1) is 0 Å². The molecule has 1 unspecified atom stereocenters. The zero-order chi connectivity index (χ0) is 11.3. The van der Waals surface area contributed by atoms with Crippen molar-refractivity contribution in [3.05, 3.63) is 34.9 Å². The Bertz CT molecular complexity index is 380. The van der Waals surface area contributed by atoms with Crippen molar-refractivity contribution in [2.24, 2.45) is 5.73 Å². The minimum Gasteiger partial charge on any atom is -0.318 e. The summed E-state index contributed by atoms with van der Waals surface area (Å²) in [6, 6.07) is 6.47. The minimum atomic E-state index is -0.0556. The first kappa shape index (κ1) is 11.8. The number of rotatable bonds is 2. The van der Waals surface area contributed by atoms with Crippen LogP contribution in [0.3, 0.4) is 0 Å². The van der Waals surface area contributed by atoms with E-state index in [0.29, 0.717) is 0 Å². The summed E-state index contributed by atoms with van der Waals surface area (Å²) < 4.78 is 0. The first-order chi connectivity index (χ1) is 7.17. The molecule has 1 aromatic rings. The molecule has 15 heavy (non-hydrogen) atoms. The summed E-state index contributed by atoms with van der Waals surface area (Å²) in [6.07, 6.45) is 2.07. The summed E-state index contributed by atoms with van der Waals surface area (Å²) in [5.74, 6) is 6.18. The van der Waals surface area contributed by atoms with Gasteiger partial charge in [-0.2, -0.15) is 0 Å². The molecule has 0 aromatic heterocycles. The second-order valence-corrected chi connectivity index (χ2v) is 3.76. The Labute approximate surface area is 92.7 Å².